The predicted octanol–water partition coefficient (Wildman–Crippen LogP) is -7.89. The van der Waals surface area contributed by atoms with Crippen LogP contribution in [0.25, 0.3) is 0 Å². The van der Waals surface area contributed by atoms with Gasteiger partial charge >= 0.3 is 0 Å². The summed E-state index contributed by atoms with van der Waals surface area (Å²) in [4.78, 5) is 22.7. The highest BCUT2D eigenvalue weighted by molar-refractivity contribution is 5.99. The van der Waals surface area contributed by atoms with Crippen molar-refractivity contribution in [1.82, 2.24) is 0 Å². The predicted molar refractivity (Wildman–Crippen MR) is 109 cm³/mol. The zero-order valence-corrected chi connectivity index (χ0v) is 18.1. The van der Waals surface area contributed by atoms with Crippen LogP contribution in [0.3, 0.4) is 0 Å². The standard InChI is InChI=1S/C8H6O4.2C6H15NO3/c9-7(10)5-3-1-2-4-6(5)8(11)12;2*8-4-1-7(2-5-9)3-6-10/h1-4H,(H,9,10)(H,11,12);2*8-10H,1-6H2. The smallest absolute Gasteiger partial charge is 0.101 e. The van der Waals surface area contributed by atoms with E-state index in [1.807, 2.05) is 0 Å². The molecule has 0 aromatic heterocycles. The monoisotopic (exact) mass is 464 g/mol. The Balaban J connectivity index is 0. The number of aliphatic hydroxyl groups excluding tert-OH is 6. The van der Waals surface area contributed by atoms with Crippen LogP contribution in [0.2, 0.25) is 0 Å². The number of carboxylic acid groups (broad SMARTS) is 2. The third kappa shape index (κ3) is 16.5. The minimum atomic E-state index is -1.52. The molecule has 12 heteroatoms. The van der Waals surface area contributed by atoms with Crippen molar-refractivity contribution in [1.29, 1.82) is 0 Å². The number of carboxylic acids is 2. The van der Waals surface area contributed by atoms with Gasteiger partial charge in [-0.3, -0.25) is 0 Å². The summed E-state index contributed by atoms with van der Waals surface area (Å²) in [6.45, 7) is 4.23. The molecule has 1 rings (SSSR count). The molecule has 0 atom stereocenters. The largest absolute Gasteiger partial charge is 0.545 e. The molecule has 186 valence electrons. The van der Waals surface area contributed by atoms with Gasteiger partial charge in [0.15, 0.2) is 0 Å². The summed E-state index contributed by atoms with van der Waals surface area (Å²) in [5.41, 5.74) is -0.727. The number of rotatable bonds is 14. The van der Waals surface area contributed by atoms with Crippen molar-refractivity contribution >= 4 is 11.9 Å². The number of benzene rings is 1. The summed E-state index contributed by atoms with van der Waals surface area (Å²) < 4.78 is 0. The second-order valence-corrected chi connectivity index (χ2v) is 6.46. The number of hydrogen-bond donors (Lipinski definition) is 8. The van der Waals surface area contributed by atoms with Crippen LogP contribution in [0.1, 0.15) is 20.7 Å². The maximum absolute atomic E-state index is 10.3. The van der Waals surface area contributed by atoms with E-state index in [4.69, 9.17) is 30.6 Å². The van der Waals surface area contributed by atoms with E-state index in [1.54, 1.807) is 0 Å². The Bertz CT molecular complexity index is 524. The van der Waals surface area contributed by atoms with Gasteiger partial charge < -0.3 is 60.2 Å². The SMILES string of the molecule is O=C([O-])c1ccccc1C(=O)[O-].OCC[NH+](CCO)CCO.OCC[NH+](CCO)CCO. The van der Waals surface area contributed by atoms with Crippen LogP contribution in [0.4, 0.5) is 0 Å². The second kappa shape index (κ2) is 22.0. The van der Waals surface area contributed by atoms with Crippen molar-refractivity contribution in [3.05, 3.63) is 35.4 Å². The lowest BCUT2D eigenvalue weighted by Crippen LogP contribution is -3.13. The van der Waals surface area contributed by atoms with E-state index in [0.29, 0.717) is 39.3 Å². The van der Waals surface area contributed by atoms with Gasteiger partial charge in [0, 0.05) is 11.1 Å². The zero-order valence-electron chi connectivity index (χ0n) is 18.1. The van der Waals surface area contributed by atoms with Crippen LogP contribution in [0.15, 0.2) is 24.3 Å². The molecule has 0 bridgehead atoms. The minimum Gasteiger partial charge on any atom is -0.545 e. The van der Waals surface area contributed by atoms with Crippen LogP contribution in [-0.4, -0.2) is 121 Å². The lowest BCUT2D eigenvalue weighted by atomic mass is 10.1. The van der Waals surface area contributed by atoms with Crippen molar-refractivity contribution in [2.75, 3.05) is 78.9 Å². The average molecular weight is 465 g/mol. The Morgan fingerprint density at radius 3 is 0.938 bits per heavy atom. The Kier molecular flexibility index (Phi) is 22.1. The number of carbonyl (C=O) groups is 2. The van der Waals surface area contributed by atoms with E-state index in [-0.39, 0.29) is 50.8 Å². The maximum Gasteiger partial charge on any atom is 0.101 e. The molecule has 0 heterocycles. The summed E-state index contributed by atoms with van der Waals surface area (Å²) in [6.07, 6.45) is 0. The highest BCUT2D eigenvalue weighted by Crippen LogP contribution is 2.05. The molecule has 1 aromatic rings. The van der Waals surface area contributed by atoms with Crippen molar-refractivity contribution in [2.24, 2.45) is 0 Å². The first-order valence-electron chi connectivity index (χ1n) is 10.2. The molecule has 0 saturated carbocycles. The van der Waals surface area contributed by atoms with Crippen LogP contribution in [0.5, 0.6) is 0 Å². The lowest BCUT2D eigenvalue weighted by molar-refractivity contribution is -0.901. The van der Waals surface area contributed by atoms with E-state index in [9.17, 15) is 19.8 Å². The normalized spacial score (nSPS) is 10.2. The zero-order chi connectivity index (χ0) is 24.8. The van der Waals surface area contributed by atoms with E-state index in [2.05, 4.69) is 0 Å². The fourth-order valence-corrected chi connectivity index (χ4v) is 2.54. The van der Waals surface area contributed by atoms with Crippen molar-refractivity contribution in [2.45, 2.75) is 0 Å². The second-order valence-electron chi connectivity index (χ2n) is 6.46. The molecule has 12 nitrogen and oxygen atoms in total. The Morgan fingerprint density at radius 2 is 0.781 bits per heavy atom. The number of hydrogen-bond acceptors (Lipinski definition) is 10. The summed E-state index contributed by atoms with van der Waals surface area (Å²) in [5.74, 6) is -3.04. The molecule has 0 radical (unpaired) electrons. The molecule has 8 N–H and O–H groups in total. The molecule has 0 fully saturated rings. The van der Waals surface area contributed by atoms with Crippen LogP contribution < -0.4 is 20.0 Å². The summed E-state index contributed by atoms with van der Waals surface area (Å²) >= 11 is 0. The van der Waals surface area contributed by atoms with Gasteiger partial charge in [0.25, 0.3) is 0 Å². The molecule has 0 unspecified atom stereocenters. The fraction of sp³-hybridized carbons (Fsp3) is 0.600. The molecule has 0 aliphatic rings. The van der Waals surface area contributed by atoms with Gasteiger partial charge in [0.05, 0.1) is 51.6 Å². The molecule has 0 saturated heterocycles. The Labute approximate surface area is 187 Å². The first kappa shape index (κ1) is 32.0. The Hall–Kier alpha value is -2.16. The molecule has 32 heavy (non-hydrogen) atoms. The van der Waals surface area contributed by atoms with Crippen LogP contribution in [0, 0.1) is 0 Å². The van der Waals surface area contributed by atoms with Gasteiger partial charge in [-0.05, 0) is 0 Å². The quantitative estimate of drug-likeness (QED) is 0.130. The van der Waals surface area contributed by atoms with E-state index in [1.165, 1.54) is 12.1 Å². The van der Waals surface area contributed by atoms with Gasteiger partial charge in [-0.2, -0.15) is 0 Å². The van der Waals surface area contributed by atoms with Gasteiger partial charge in [0.1, 0.15) is 39.3 Å². The maximum atomic E-state index is 10.3. The highest BCUT2D eigenvalue weighted by Gasteiger charge is 2.05. The molecule has 0 aliphatic carbocycles. The van der Waals surface area contributed by atoms with E-state index in [0.717, 1.165) is 21.9 Å². The highest BCUT2D eigenvalue weighted by atomic mass is 16.4. The van der Waals surface area contributed by atoms with Gasteiger partial charge in [-0.25, -0.2) is 0 Å². The number of carbonyl (C=O) groups excluding carboxylic acids is 2. The third-order valence-electron chi connectivity index (χ3n) is 4.16. The summed E-state index contributed by atoms with van der Waals surface area (Å²) in [5, 5.41) is 71.7. The molecule has 0 aliphatic heterocycles. The van der Waals surface area contributed by atoms with Crippen LogP contribution >= 0.6 is 0 Å². The first-order valence-corrected chi connectivity index (χ1v) is 10.2. The number of aliphatic hydroxyl groups is 6. The van der Waals surface area contributed by atoms with Gasteiger partial charge in [0.2, 0.25) is 0 Å². The topological polar surface area (TPSA) is 211 Å². The van der Waals surface area contributed by atoms with E-state index >= 15 is 0 Å². The number of aromatic carboxylic acids is 2. The van der Waals surface area contributed by atoms with Crippen molar-refractivity contribution in [3.63, 3.8) is 0 Å². The van der Waals surface area contributed by atoms with Crippen molar-refractivity contribution < 1.29 is 60.2 Å². The van der Waals surface area contributed by atoms with Crippen LogP contribution in [-0.2, 0) is 0 Å². The molecular formula is C20H36N2O10. The first-order chi connectivity index (χ1) is 15.3. The average Bonchev–Trinajstić information content (AvgIpc) is 2.76. The summed E-state index contributed by atoms with van der Waals surface area (Å²) in [7, 11) is 0. The molecule has 0 spiro atoms. The van der Waals surface area contributed by atoms with E-state index < -0.39 is 11.9 Å². The third-order valence-corrected chi connectivity index (χ3v) is 4.16. The van der Waals surface area contributed by atoms with Crippen molar-refractivity contribution in [3.8, 4) is 0 Å². The molecule has 0 amide bonds. The lowest BCUT2D eigenvalue weighted by Gasteiger charge is -2.15. The number of nitrogens with one attached hydrogen (secondary N) is 2. The molecular weight excluding hydrogens is 428 g/mol. The summed E-state index contributed by atoms with van der Waals surface area (Å²) in [6, 6.07) is 5.14. The molecule has 1 aromatic carbocycles. The fourth-order valence-electron chi connectivity index (χ4n) is 2.54. The van der Waals surface area contributed by atoms with Gasteiger partial charge in [-0.15, -0.1) is 0 Å². The van der Waals surface area contributed by atoms with Gasteiger partial charge in [-0.1, -0.05) is 24.3 Å². The Morgan fingerprint density at radius 1 is 0.562 bits per heavy atom. The number of quaternary nitrogens is 2. The minimum absolute atomic E-state index is 0.106.